The van der Waals surface area contributed by atoms with E-state index in [-0.39, 0.29) is 6.04 Å². The Balaban J connectivity index is 2.73. The zero-order valence-corrected chi connectivity index (χ0v) is 7.20. The normalized spacial score (nSPS) is 12.4. The van der Waals surface area contributed by atoms with Gasteiger partial charge in [-0.1, -0.05) is 13.0 Å². The van der Waals surface area contributed by atoms with Crippen molar-refractivity contribution in [3.63, 3.8) is 0 Å². The van der Waals surface area contributed by atoms with Crippen LogP contribution in [0.25, 0.3) is 0 Å². The monoisotopic (exact) mass is 163 g/mol. The molecule has 1 heterocycles. The molecule has 12 heavy (non-hydrogen) atoms. The number of likely N-dealkylation sites (N-methyl/N-ethyl adjacent to an activating group) is 1. The van der Waals surface area contributed by atoms with Crippen LogP contribution in [0.3, 0.4) is 0 Å². The Morgan fingerprint density at radius 1 is 1.67 bits per heavy atom. The van der Waals surface area contributed by atoms with E-state index < -0.39 is 0 Å². The van der Waals surface area contributed by atoms with E-state index in [2.05, 4.69) is 21.9 Å². The van der Waals surface area contributed by atoms with Gasteiger partial charge in [0.05, 0.1) is 17.9 Å². The quantitative estimate of drug-likeness (QED) is 0.680. The SMILES string of the molecule is C=CC(NCC)c1cnccn1. The molecule has 1 aromatic rings. The van der Waals surface area contributed by atoms with Gasteiger partial charge < -0.3 is 5.32 Å². The molecule has 1 rings (SSSR count). The molecule has 0 saturated heterocycles. The Bertz CT molecular complexity index is 233. The van der Waals surface area contributed by atoms with Gasteiger partial charge >= 0.3 is 0 Å². The predicted octanol–water partition coefficient (Wildman–Crippen LogP) is 1.31. The molecule has 64 valence electrons. The maximum atomic E-state index is 4.17. The Labute approximate surface area is 72.6 Å². The van der Waals surface area contributed by atoms with E-state index >= 15 is 0 Å². The van der Waals surface area contributed by atoms with Gasteiger partial charge in [-0.25, -0.2) is 0 Å². The minimum Gasteiger partial charge on any atom is -0.306 e. The molecule has 0 aliphatic heterocycles. The third kappa shape index (κ3) is 2.13. The molecule has 0 saturated carbocycles. The zero-order chi connectivity index (χ0) is 8.81. The average molecular weight is 163 g/mol. The molecule has 1 N–H and O–H groups in total. The first-order valence-corrected chi connectivity index (χ1v) is 4.00. The summed E-state index contributed by atoms with van der Waals surface area (Å²) in [5.41, 5.74) is 0.911. The van der Waals surface area contributed by atoms with Gasteiger partial charge in [-0.3, -0.25) is 9.97 Å². The fourth-order valence-electron chi connectivity index (χ4n) is 1.000. The van der Waals surface area contributed by atoms with Crippen LogP contribution in [0.4, 0.5) is 0 Å². The third-order valence-corrected chi connectivity index (χ3v) is 1.56. The van der Waals surface area contributed by atoms with Crippen LogP contribution < -0.4 is 5.32 Å². The number of aromatic nitrogens is 2. The van der Waals surface area contributed by atoms with Crippen LogP contribution in [-0.2, 0) is 0 Å². The first kappa shape index (κ1) is 8.87. The van der Waals surface area contributed by atoms with E-state index in [0.717, 1.165) is 12.2 Å². The summed E-state index contributed by atoms with van der Waals surface area (Å²) in [4.78, 5) is 8.16. The second-order valence-electron chi connectivity index (χ2n) is 2.40. The Morgan fingerprint density at radius 3 is 3.00 bits per heavy atom. The van der Waals surface area contributed by atoms with Gasteiger partial charge in [0, 0.05) is 12.4 Å². The maximum Gasteiger partial charge on any atom is 0.0795 e. The van der Waals surface area contributed by atoms with E-state index in [1.54, 1.807) is 18.6 Å². The van der Waals surface area contributed by atoms with Crippen LogP contribution in [0.2, 0.25) is 0 Å². The van der Waals surface area contributed by atoms with Gasteiger partial charge in [0.1, 0.15) is 0 Å². The lowest BCUT2D eigenvalue weighted by Gasteiger charge is -2.10. The summed E-state index contributed by atoms with van der Waals surface area (Å²) in [6, 6.07) is 0.115. The fourth-order valence-corrected chi connectivity index (χ4v) is 1.000. The number of rotatable bonds is 4. The lowest BCUT2D eigenvalue weighted by atomic mass is 10.2. The van der Waals surface area contributed by atoms with Crippen molar-refractivity contribution < 1.29 is 0 Å². The van der Waals surface area contributed by atoms with E-state index in [1.807, 2.05) is 13.0 Å². The highest BCUT2D eigenvalue weighted by molar-refractivity contribution is 5.08. The van der Waals surface area contributed by atoms with E-state index in [0.29, 0.717) is 0 Å². The van der Waals surface area contributed by atoms with Crippen molar-refractivity contribution in [2.45, 2.75) is 13.0 Å². The summed E-state index contributed by atoms with van der Waals surface area (Å²) in [7, 11) is 0. The Hall–Kier alpha value is -1.22. The zero-order valence-electron chi connectivity index (χ0n) is 7.20. The minimum absolute atomic E-state index is 0.115. The third-order valence-electron chi connectivity index (χ3n) is 1.56. The molecule has 0 radical (unpaired) electrons. The highest BCUT2D eigenvalue weighted by Crippen LogP contribution is 2.07. The van der Waals surface area contributed by atoms with Gasteiger partial charge in [0.25, 0.3) is 0 Å². The first-order chi connectivity index (χ1) is 5.88. The lowest BCUT2D eigenvalue weighted by molar-refractivity contribution is 0.630. The molecule has 0 aromatic carbocycles. The second kappa shape index (κ2) is 4.62. The van der Waals surface area contributed by atoms with E-state index in [4.69, 9.17) is 0 Å². The van der Waals surface area contributed by atoms with E-state index in [9.17, 15) is 0 Å². The van der Waals surface area contributed by atoms with Gasteiger partial charge in [0.15, 0.2) is 0 Å². The summed E-state index contributed by atoms with van der Waals surface area (Å²) in [5.74, 6) is 0. The maximum absolute atomic E-state index is 4.17. The summed E-state index contributed by atoms with van der Waals surface area (Å²) in [5, 5.41) is 3.23. The smallest absolute Gasteiger partial charge is 0.0795 e. The molecule has 1 aromatic heterocycles. The topological polar surface area (TPSA) is 37.8 Å². The molecule has 3 nitrogen and oxygen atoms in total. The highest BCUT2D eigenvalue weighted by Gasteiger charge is 2.05. The Kier molecular flexibility index (Phi) is 3.41. The molecule has 1 atom stereocenters. The van der Waals surface area contributed by atoms with Crippen molar-refractivity contribution in [1.29, 1.82) is 0 Å². The van der Waals surface area contributed by atoms with Crippen molar-refractivity contribution in [1.82, 2.24) is 15.3 Å². The van der Waals surface area contributed by atoms with Crippen molar-refractivity contribution >= 4 is 0 Å². The molecule has 0 spiro atoms. The second-order valence-corrected chi connectivity index (χ2v) is 2.40. The standard InChI is InChI=1S/C9H13N3/c1-3-8(11-4-2)9-7-10-5-6-12-9/h3,5-8,11H,1,4H2,2H3. The molecule has 0 aliphatic carbocycles. The summed E-state index contributed by atoms with van der Waals surface area (Å²) in [6.45, 7) is 6.67. The first-order valence-electron chi connectivity index (χ1n) is 4.00. The minimum atomic E-state index is 0.115. The predicted molar refractivity (Wildman–Crippen MR) is 48.6 cm³/mol. The number of hydrogen-bond acceptors (Lipinski definition) is 3. The van der Waals surface area contributed by atoms with Gasteiger partial charge in [-0.05, 0) is 6.54 Å². The van der Waals surface area contributed by atoms with Crippen LogP contribution in [-0.4, -0.2) is 16.5 Å². The average Bonchev–Trinajstić information content (AvgIpc) is 2.15. The van der Waals surface area contributed by atoms with Crippen LogP contribution in [0.1, 0.15) is 18.7 Å². The van der Waals surface area contributed by atoms with Crippen molar-refractivity contribution in [2.75, 3.05) is 6.54 Å². The molecular weight excluding hydrogens is 150 g/mol. The van der Waals surface area contributed by atoms with Crippen molar-refractivity contribution in [3.8, 4) is 0 Å². The number of nitrogens with one attached hydrogen (secondary N) is 1. The summed E-state index contributed by atoms with van der Waals surface area (Å²) >= 11 is 0. The van der Waals surface area contributed by atoms with E-state index in [1.165, 1.54) is 0 Å². The highest BCUT2D eigenvalue weighted by atomic mass is 14.9. The van der Waals surface area contributed by atoms with Crippen LogP contribution in [0.5, 0.6) is 0 Å². The summed E-state index contributed by atoms with van der Waals surface area (Å²) < 4.78 is 0. The van der Waals surface area contributed by atoms with Crippen LogP contribution in [0.15, 0.2) is 31.2 Å². The molecule has 1 unspecified atom stereocenters. The fraction of sp³-hybridized carbons (Fsp3) is 0.333. The molecule has 3 heteroatoms. The van der Waals surface area contributed by atoms with Crippen molar-refractivity contribution in [3.05, 3.63) is 36.9 Å². The number of nitrogens with zero attached hydrogens (tertiary/aromatic N) is 2. The van der Waals surface area contributed by atoms with Gasteiger partial charge in [0.2, 0.25) is 0 Å². The molecule has 0 amide bonds. The van der Waals surface area contributed by atoms with Gasteiger partial charge in [-0.15, -0.1) is 6.58 Å². The van der Waals surface area contributed by atoms with Crippen molar-refractivity contribution in [2.24, 2.45) is 0 Å². The largest absolute Gasteiger partial charge is 0.306 e. The summed E-state index contributed by atoms with van der Waals surface area (Å²) in [6.07, 6.45) is 6.92. The van der Waals surface area contributed by atoms with Crippen LogP contribution >= 0.6 is 0 Å². The Morgan fingerprint density at radius 2 is 2.50 bits per heavy atom. The number of hydrogen-bond donors (Lipinski definition) is 1. The lowest BCUT2D eigenvalue weighted by Crippen LogP contribution is -2.19. The van der Waals surface area contributed by atoms with Crippen LogP contribution in [0, 0.1) is 0 Å². The molecule has 0 aliphatic rings. The molecular formula is C9H13N3. The van der Waals surface area contributed by atoms with Gasteiger partial charge in [-0.2, -0.15) is 0 Å². The molecule has 0 fully saturated rings. The molecule has 0 bridgehead atoms.